The van der Waals surface area contributed by atoms with Crippen LogP contribution in [0.15, 0.2) is 72.2 Å². The van der Waals surface area contributed by atoms with Crippen LogP contribution in [0.5, 0.6) is 0 Å². The minimum atomic E-state index is -0.268. The molecule has 0 spiro atoms. The molecule has 0 unspecified atom stereocenters. The Hall–Kier alpha value is -4.47. The number of rotatable bonds is 9. The number of carbonyl (C=O) groups is 2. The van der Waals surface area contributed by atoms with Crippen LogP contribution < -0.4 is 21.1 Å². The number of anilines is 3. The van der Waals surface area contributed by atoms with Crippen LogP contribution in [0, 0.1) is 6.92 Å². The van der Waals surface area contributed by atoms with E-state index in [0.717, 1.165) is 83.0 Å². The Morgan fingerprint density at radius 3 is 2.52 bits per heavy atom. The summed E-state index contributed by atoms with van der Waals surface area (Å²) in [5.74, 6) is -0.351. The third kappa shape index (κ3) is 7.17. The third-order valence-electron chi connectivity index (χ3n) is 9.81. The van der Waals surface area contributed by atoms with Gasteiger partial charge in [0.05, 0.1) is 16.3 Å². The average molecular weight is 664 g/mol. The van der Waals surface area contributed by atoms with Crippen molar-refractivity contribution in [2.75, 3.05) is 42.7 Å². The van der Waals surface area contributed by atoms with E-state index in [4.69, 9.17) is 0 Å². The van der Waals surface area contributed by atoms with Crippen LogP contribution in [-0.2, 0) is 31.1 Å². The molecule has 4 aromatic rings. The van der Waals surface area contributed by atoms with Crippen molar-refractivity contribution < 1.29 is 9.59 Å². The Morgan fingerprint density at radius 1 is 1.02 bits per heavy atom. The van der Waals surface area contributed by atoms with E-state index < -0.39 is 0 Å². The van der Waals surface area contributed by atoms with Crippen molar-refractivity contribution in [1.29, 1.82) is 0 Å². The fourth-order valence-corrected chi connectivity index (χ4v) is 8.17. The minimum Gasteiger partial charge on any atom is -0.370 e. The number of nitrogens with zero attached hydrogens (tertiary/aromatic N) is 3. The van der Waals surface area contributed by atoms with Gasteiger partial charge in [-0.1, -0.05) is 24.8 Å². The largest absolute Gasteiger partial charge is 0.370 e. The summed E-state index contributed by atoms with van der Waals surface area (Å²) in [7, 11) is 6.01. The first-order valence-corrected chi connectivity index (χ1v) is 17.6. The van der Waals surface area contributed by atoms with Gasteiger partial charge in [0.1, 0.15) is 0 Å². The lowest BCUT2D eigenvalue weighted by Crippen LogP contribution is -2.42. The van der Waals surface area contributed by atoms with E-state index in [0.29, 0.717) is 18.0 Å². The molecule has 0 radical (unpaired) electrons. The van der Waals surface area contributed by atoms with Gasteiger partial charge in [-0.2, -0.15) is 0 Å². The highest BCUT2D eigenvalue weighted by atomic mass is 32.1. The summed E-state index contributed by atoms with van der Waals surface area (Å²) >= 11 is 1.61. The summed E-state index contributed by atoms with van der Waals surface area (Å²) in [6.45, 7) is 7.44. The SMILES string of the molecule is C=CC(=O)Nc1cc(Cc2cc(-c3cccc(NC(=O)c4cc5c(s4)CCCC5)c3C)cn(C)c2=O)ccc1N1CCC(N(C)C)CC1. The number of carbonyl (C=O) groups excluding carboxylic acids is 2. The minimum absolute atomic E-state index is 0.0750. The number of aromatic nitrogens is 1. The number of nitrogens with one attached hydrogen (secondary N) is 2. The highest BCUT2D eigenvalue weighted by Gasteiger charge is 2.23. The van der Waals surface area contributed by atoms with Crippen LogP contribution >= 0.6 is 11.3 Å². The number of fused-ring (bicyclic) bond motifs is 1. The molecule has 2 amide bonds. The summed E-state index contributed by atoms with van der Waals surface area (Å²) in [5.41, 5.74) is 8.05. The van der Waals surface area contributed by atoms with Crippen molar-refractivity contribution in [3.05, 3.63) is 110 Å². The summed E-state index contributed by atoms with van der Waals surface area (Å²) < 4.78 is 1.62. The zero-order valence-corrected chi connectivity index (χ0v) is 29.2. The van der Waals surface area contributed by atoms with Crippen LogP contribution in [0.1, 0.15) is 62.5 Å². The maximum Gasteiger partial charge on any atom is 0.265 e. The van der Waals surface area contributed by atoms with Crippen LogP contribution in [0.4, 0.5) is 17.1 Å². The molecule has 1 aliphatic heterocycles. The van der Waals surface area contributed by atoms with Gasteiger partial charge in [0, 0.05) is 54.9 Å². The molecule has 0 atom stereocenters. The zero-order chi connectivity index (χ0) is 33.9. The molecule has 250 valence electrons. The fraction of sp³-hybridized carbons (Fsp3) is 0.359. The van der Waals surface area contributed by atoms with Crippen molar-refractivity contribution >= 4 is 40.2 Å². The van der Waals surface area contributed by atoms with Crippen LogP contribution in [0.2, 0.25) is 0 Å². The topological polar surface area (TPSA) is 86.7 Å². The smallest absolute Gasteiger partial charge is 0.265 e. The maximum absolute atomic E-state index is 13.4. The van der Waals surface area contributed by atoms with E-state index in [-0.39, 0.29) is 17.4 Å². The Balaban J connectivity index is 1.26. The number of amides is 2. The zero-order valence-electron chi connectivity index (χ0n) is 28.4. The molecular weight excluding hydrogens is 619 g/mol. The third-order valence-corrected chi connectivity index (χ3v) is 11.0. The quantitative estimate of drug-likeness (QED) is 0.193. The van der Waals surface area contributed by atoms with Crippen molar-refractivity contribution in [3.8, 4) is 11.1 Å². The molecule has 0 saturated carbocycles. The van der Waals surface area contributed by atoms with E-state index in [1.807, 2.05) is 49.5 Å². The Bertz CT molecular complexity index is 1890. The predicted octanol–water partition coefficient (Wildman–Crippen LogP) is 6.80. The van der Waals surface area contributed by atoms with Crippen molar-refractivity contribution in [1.82, 2.24) is 9.47 Å². The van der Waals surface area contributed by atoms with Gasteiger partial charge in [0.15, 0.2) is 0 Å². The molecule has 2 aromatic carbocycles. The lowest BCUT2D eigenvalue weighted by Gasteiger charge is -2.37. The Kier molecular flexibility index (Phi) is 9.99. The second-order valence-electron chi connectivity index (χ2n) is 13.3. The second-order valence-corrected chi connectivity index (χ2v) is 14.4. The standard InChI is InChI=1S/C39H45N5O3S/c1-6-37(45)40-33-21-26(14-15-34(33)44-18-16-30(17-19-44)42(3)4)20-28-22-29(24-43(5)39(28)47)31-11-9-12-32(25(31)2)41-38(46)36-23-27-10-7-8-13-35(27)48-36/h6,9,11-12,14-15,21-24,30H,1,7-8,10,13,16-20H2,2-5H3,(H,40,45)(H,41,46). The van der Waals surface area contributed by atoms with Crippen LogP contribution in [0.25, 0.3) is 11.1 Å². The average Bonchev–Trinajstić information content (AvgIpc) is 3.53. The van der Waals surface area contributed by atoms with Gasteiger partial charge in [-0.25, -0.2) is 0 Å². The normalized spacial score (nSPS) is 14.9. The monoisotopic (exact) mass is 663 g/mol. The predicted molar refractivity (Wildman–Crippen MR) is 198 cm³/mol. The van der Waals surface area contributed by atoms with E-state index in [1.165, 1.54) is 29.4 Å². The molecule has 1 fully saturated rings. The summed E-state index contributed by atoms with van der Waals surface area (Å²) in [6, 6.07) is 16.5. The lowest BCUT2D eigenvalue weighted by atomic mass is 9.97. The molecule has 9 heteroatoms. The summed E-state index contributed by atoms with van der Waals surface area (Å²) in [6.07, 6.45) is 10.1. The number of piperidine rings is 1. The van der Waals surface area contributed by atoms with Crippen LogP contribution in [-0.4, -0.2) is 54.5 Å². The molecule has 0 bridgehead atoms. The molecule has 8 nitrogen and oxygen atoms in total. The lowest BCUT2D eigenvalue weighted by molar-refractivity contribution is -0.111. The molecule has 1 aliphatic carbocycles. The molecule has 6 rings (SSSR count). The number of pyridine rings is 1. The van der Waals surface area contributed by atoms with Crippen molar-refractivity contribution in [2.24, 2.45) is 7.05 Å². The van der Waals surface area contributed by atoms with Crippen LogP contribution in [0.3, 0.4) is 0 Å². The molecular formula is C39H45N5O3S. The van der Waals surface area contributed by atoms with Gasteiger partial charge < -0.3 is 25.0 Å². The summed E-state index contributed by atoms with van der Waals surface area (Å²) in [5, 5.41) is 6.16. The summed E-state index contributed by atoms with van der Waals surface area (Å²) in [4.78, 5) is 45.8. The van der Waals surface area contributed by atoms with Gasteiger partial charge in [0.25, 0.3) is 11.5 Å². The van der Waals surface area contributed by atoms with E-state index in [2.05, 4.69) is 53.2 Å². The number of hydrogen-bond donors (Lipinski definition) is 2. The number of benzene rings is 2. The van der Waals surface area contributed by atoms with Gasteiger partial charge in [-0.3, -0.25) is 14.4 Å². The van der Waals surface area contributed by atoms with Crippen molar-refractivity contribution in [3.63, 3.8) is 0 Å². The molecule has 2 aliphatic rings. The Labute approximate surface area is 287 Å². The van der Waals surface area contributed by atoms with Gasteiger partial charge in [0.2, 0.25) is 5.91 Å². The highest BCUT2D eigenvalue weighted by molar-refractivity contribution is 7.14. The molecule has 2 aromatic heterocycles. The first-order chi connectivity index (χ1) is 23.1. The van der Waals surface area contributed by atoms with Gasteiger partial charge >= 0.3 is 0 Å². The molecule has 48 heavy (non-hydrogen) atoms. The number of thiophene rings is 1. The first kappa shape index (κ1) is 33.4. The van der Waals surface area contributed by atoms with E-state index in [1.54, 1.807) is 23.0 Å². The molecule has 1 saturated heterocycles. The maximum atomic E-state index is 13.4. The van der Waals surface area contributed by atoms with Crippen molar-refractivity contribution in [2.45, 2.75) is 57.9 Å². The Morgan fingerprint density at radius 2 is 1.79 bits per heavy atom. The van der Waals surface area contributed by atoms with E-state index in [9.17, 15) is 14.4 Å². The van der Waals surface area contributed by atoms with E-state index >= 15 is 0 Å². The van der Waals surface area contributed by atoms with Gasteiger partial charge in [-0.15, -0.1) is 11.3 Å². The van der Waals surface area contributed by atoms with Gasteiger partial charge in [-0.05, 0) is 124 Å². The number of hydrogen-bond acceptors (Lipinski definition) is 6. The first-order valence-electron chi connectivity index (χ1n) is 16.8. The highest BCUT2D eigenvalue weighted by Crippen LogP contribution is 2.34. The molecule has 2 N–H and O–H groups in total. The number of aryl methyl sites for hydroxylation is 3. The second kappa shape index (κ2) is 14.3. The molecule has 3 heterocycles. The fourth-order valence-electron chi connectivity index (χ4n) is 7.02.